The van der Waals surface area contributed by atoms with E-state index in [0.29, 0.717) is 24.5 Å². The highest BCUT2D eigenvalue weighted by Gasteiger charge is 2.07. The van der Waals surface area contributed by atoms with Gasteiger partial charge in [-0.05, 0) is 31.4 Å². The number of nitrogens with one attached hydrogen (secondary N) is 1. The predicted octanol–water partition coefficient (Wildman–Crippen LogP) is 3.63. The molecule has 0 atom stereocenters. The van der Waals surface area contributed by atoms with Crippen molar-refractivity contribution in [3.63, 3.8) is 0 Å². The van der Waals surface area contributed by atoms with E-state index in [2.05, 4.69) is 22.4 Å². The number of benzene rings is 1. The number of nitrogens with zero attached hydrogens (tertiary/aromatic N) is 1. The average Bonchev–Trinajstić information content (AvgIpc) is 2.93. The minimum absolute atomic E-state index is 0. The number of carbonyl (C=O) groups excluding carboxylic acids is 1. The van der Waals surface area contributed by atoms with Gasteiger partial charge in [0, 0.05) is 22.3 Å². The van der Waals surface area contributed by atoms with Gasteiger partial charge in [-0.1, -0.05) is 12.1 Å². The number of halogens is 1. The molecule has 0 bridgehead atoms. The van der Waals surface area contributed by atoms with Crippen LogP contribution in [0.5, 0.6) is 0 Å². The first kappa shape index (κ1) is 18.0. The maximum Gasteiger partial charge on any atom is 0.226 e. The molecule has 0 aliphatic carbocycles. The number of amides is 1. The molecule has 0 saturated carbocycles. The highest BCUT2D eigenvalue weighted by Crippen LogP contribution is 2.26. The van der Waals surface area contributed by atoms with Gasteiger partial charge in [0.25, 0.3) is 0 Å². The second-order valence-electron chi connectivity index (χ2n) is 4.21. The number of aromatic nitrogens is 1. The molecule has 1 amide bonds. The highest BCUT2D eigenvalue weighted by atomic mass is 35.5. The smallest absolute Gasteiger partial charge is 0.226 e. The first-order valence-electron chi connectivity index (χ1n) is 6.33. The van der Waals surface area contributed by atoms with Crippen LogP contribution in [0.25, 0.3) is 11.3 Å². The molecule has 2 aromatic rings. The maximum absolute atomic E-state index is 11.6. The van der Waals surface area contributed by atoms with Crippen molar-refractivity contribution in [1.82, 2.24) is 4.98 Å². The Kier molecular flexibility index (Phi) is 7.74. The van der Waals surface area contributed by atoms with Gasteiger partial charge in [0.1, 0.15) is 0 Å². The Labute approximate surface area is 139 Å². The minimum Gasteiger partial charge on any atom is -0.330 e. The molecule has 1 aromatic carbocycles. The lowest BCUT2D eigenvalue weighted by atomic mass is 10.2. The molecule has 114 valence electrons. The van der Waals surface area contributed by atoms with Crippen molar-refractivity contribution in [2.24, 2.45) is 5.73 Å². The zero-order valence-corrected chi connectivity index (χ0v) is 14.1. The lowest BCUT2D eigenvalue weighted by Crippen LogP contribution is -2.13. The lowest BCUT2D eigenvalue weighted by Gasteiger charge is -2.00. The van der Waals surface area contributed by atoms with E-state index in [-0.39, 0.29) is 18.3 Å². The third kappa shape index (κ3) is 5.32. The van der Waals surface area contributed by atoms with Crippen LogP contribution in [0.2, 0.25) is 0 Å². The number of hydrogen-bond donors (Lipinski definition) is 2. The SMILES string of the molecule is CSc1ccc(-c2csc(NC(=O)CCCN)n2)cc1.Cl. The summed E-state index contributed by atoms with van der Waals surface area (Å²) in [7, 11) is 0. The van der Waals surface area contributed by atoms with Gasteiger partial charge in [0.05, 0.1) is 5.69 Å². The molecule has 0 spiro atoms. The van der Waals surface area contributed by atoms with E-state index in [1.807, 2.05) is 23.8 Å². The van der Waals surface area contributed by atoms with Crippen LogP contribution in [-0.2, 0) is 4.79 Å². The normalized spacial score (nSPS) is 10.0. The summed E-state index contributed by atoms with van der Waals surface area (Å²) in [6, 6.07) is 8.22. The van der Waals surface area contributed by atoms with Crippen LogP contribution in [0.4, 0.5) is 5.13 Å². The number of hydrogen-bond acceptors (Lipinski definition) is 5. The van der Waals surface area contributed by atoms with E-state index in [0.717, 1.165) is 11.3 Å². The van der Waals surface area contributed by atoms with Gasteiger partial charge in [-0.3, -0.25) is 4.79 Å². The topological polar surface area (TPSA) is 68.0 Å². The molecule has 0 aliphatic rings. The Bertz CT molecular complexity index is 572. The highest BCUT2D eigenvalue weighted by molar-refractivity contribution is 7.98. The molecular formula is C14H18ClN3OS2. The van der Waals surface area contributed by atoms with Crippen molar-refractivity contribution < 1.29 is 4.79 Å². The van der Waals surface area contributed by atoms with E-state index in [1.54, 1.807) is 11.8 Å². The molecular weight excluding hydrogens is 326 g/mol. The molecule has 0 fully saturated rings. The molecule has 1 heterocycles. The van der Waals surface area contributed by atoms with Crippen LogP contribution in [0.3, 0.4) is 0 Å². The van der Waals surface area contributed by atoms with Crippen molar-refractivity contribution in [2.45, 2.75) is 17.7 Å². The summed E-state index contributed by atoms with van der Waals surface area (Å²) in [6.07, 6.45) is 3.18. The molecule has 2 rings (SSSR count). The quantitative estimate of drug-likeness (QED) is 0.786. The number of thiazole rings is 1. The Morgan fingerprint density at radius 3 is 2.71 bits per heavy atom. The van der Waals surface area contributed by atoms with Crippen LogP contribution in [0, 0.1) is 0 Å². The molecule has 0 aliphatic heterocycles. The van der Waals surface area contributed by atoms with Crippen LogP contribution in [-0.4, -0.2) is 23.7 Å². The monoisotopic (exact) mass is 343 g/mol. The van der Waals surface area contributed by atoms with E-state index in [1.165, 1.54) is 16.2 Å². The van der Waals surface area contributed by atoms with Gasteiger partial charge >= 0.3 is 0 Å². The van der Waals surface area contributed by atoms with Gasteiger partial charge in [-0.2, -0.15) is 0 Å². The number of thioether (sulfide) groups is 1. The van der Waals surface area contributed by atoms with Crippen LogP contribution < -0.4 is 11.1 Å². The van der Waals surface area contributed by atoms with Gasteiger partial charge in [-0.25, -0.2) is 4.98 Å². The second kappa shape index (κ2) is 9.04. The summed E-state index contributed by atoms with van der Waals surface area (Å²) in [6.45, 7) is 0.526. The standard InChI is InChI=1S/C14H17N3OS2.ClH/c1-19-11-6-4-10(5-7-11)12-9-20-14(16-12)17-13(18)3-2-8-15;/h4-7,9H,2-3,8,15H2,1H3,(H,16,17,18);1H. The predicted molar refractivity (Wildman–Crippen MR) is 93.5 cm³/mol. The number of carbonyl (C=O) groups is 1. The van der Waals surface area contributed by atoms with Gasteiger partial charge in [0.2, 0.25) is 5.91 Å². The Morgan fingerprint density at radius 1 is 1.38 bits per heavy atom. The first-order valence-corrected chi connectivity index (χ1v) is 8.43. The molecule has 0 unspecified atom stereocenters. The average molecular weight is 344 g/mol. The third-order valence-corrected chi connectivity index (χ3v) is 4.25. The fourth-order valence-corrected chi connectivity index (χ4v) is 2.81. The summed E-state index contributed by atoms with van der Waals surface area (Å²) in [5, 5.41) is 5.38. The van der Waals surface area contributed by atoms with Crippen LogP contribution in [0.15, 0.2) is 34.5 Å². The summed E-state index contributed by atoms with van der Waals surface area (Å²) in [5.41, 5.74) is 7.32. The Balaban J connectivity index is 0.00000220. The zero-order chi connectivity index (χ0) is 14.4. The van der Waals surface area contributed by atoms with Gasteiger partial charge in [0.15, 0.2) is 5.13 Å². The largest absolute Gasteiger partial charge is 0.330 e. The summed E-state index contributed by atoms with van der Waals surface area (Å²) in [4.78, 5) is 17.3. The van der Waals surface area contributed by atoms with Crippen molar-refractivity contribution in [1.29, 1.82) is 0 Å². The van der Waals surface area contributed by atoms with Gasteiger partial charge in [-0.15, -0.1) is 35.5 Å². The fraction of sp³-hybridized carbons (Fsp3) is 0.286. The Hall–Kier alpha value is -1.08. The number of rotatable bonds is 6. The van der Waals surface area contributed by atoms with E-state index >= 15 is 0 Å². The van der Waals surface area contributed by atoms with E-state index in [9.17, 15) is 4.79 Å². The molecule has 21 heavy (non-hydrogen) atoms. The van der Waals surface area contributed by atoms with Gasteiger partial charge < -0.3 is 11.1 Å². The molecule has 4 nitrogen and oxygen atoms in total. The molecule has 7 heteroatoms. The van der Waals surface area contributed by atoms with Crippen LogP contribution >= 0.6 is 35.5 Å². The van der Waals surface area contributed by atoms with Crippen molar-refractivity contribution in [3.05, 3.63) is 29.6 Å². The molecule has 0 saturated heterocycles. The summed E-state index contributed by atoms with van der Waals surface area (Å²) in [5.74, 6) is -0.0333. The van der Waals surface area contributed by atoms with E-state index in [4.69, 9.17) is 5.73 Å². The van der Waals surface area contributed by atoms with E-state index < -0.39 is 0 Å². The zero-order valence-electron chi connectivity index (χ0n) is 11.7. The van der Waals surface area contributed by atoms with Crippen LogP contribution in [0.1, 0.15) is 12.8 Å². The molecule has 1 aromatic heterocycles. The first-order chi connectivity index (χ1) is 9.72. The lowest BCUT2D eigenvalue weighted by molar-refractivity contribution is -0.116. The fourth-order valence-electron chi connectivity index (χ4n) is 1.67. The maximum atomic E-state index is 11.6. The molecule has 3 N–H and O–H groups in total. The minimum atomic E-state index is -0.0333. The number of anilines is 1. The van der Waals surface area contributed by atoms with Crippen molar-refractivity contribution >= 4 is 46.5 Å². The summed E-state index contributed by atoms with van der Waals surface area (Å²) < 4.78 is 0. The Morgan fingerprint density at radius 2 is 2.10 bits per heavy atom. The summed E-state index contributed by atoms with van der Waals surface area (Å²) >= 11 is 3.15. The molecule has 0 radical (unpaired) electrons. The van der Waals surface area contributed by atoms with Crippen molar-refractivity contribution in [2.75, 3.05) is 18.1 Å². The third-order valence-electron chi connectivity index (χ3n) is 2.74. The second-order valence-corrected chi connectivity index (χ2v) is 5.94. The van der Waals surface area contributed by atoms with Crippen molar-refractivity contribution in [3.8, 4) is 11.3 Å². The number of nitrogens with two attached hydrogens (primary N) is 1.